The van der Waals surface area contributed by atoms with E-state index in [-0.39, 0.29) is 6.54 Å². The summed E-state index contributed by atoms with van der Waals surface area (Å²) in [6.07, 6.45) is 0.927. The van der Waals surface area contributed by atoms with E-state index in [1.54, 1.807) is 29.6 Å². The first-order valence-electron chi connectivity index (χ1n) is 7.27. The fraction of sp³-hybridized carbons (Fsp3) is 0.600. The second kappa shape index (κ2) is 6.34. The van der Waals surface area contributed by atoms with Crippen LogP contribution in [-0.4, -0.2) is 32.9 Å². The molecule has 1 atom stereocenters. The van der Waals surface area contributed by atoms with Crippen molar-refractivity contribution < 1.29 is 13.2 Å². The predicted octanol–water partition coefficient (Wildman–Crippen LogP) is 1.82. The molecular weight excluding hydrogens is 288 g/mol. The molecule has 0 amide bonds. The molecule has 6 heteroatoms. The van der Waals surface area contributed by atoms with E-state index in [0.717, 1.165) is 6.42 Å². The van der Waals surface area contributed by atoms with Crippen molar-refractivity contribution in [2.45, 2.75) is 31.7 Å². The van der Waals surface area contributed by atoms with Crippen molar-refractivity contribution in [3.8, 4) is 5.75 Å². The van der Waals surface area contributed by atoms with Crippen molar-refractivity contribution in [3.05, 3.63) is 23.8 Å². The van der Waals surface area contributed by atoms with Gasteiger partial charge in [-0.2, -0.15) is 4.31 Å². The fourth-order valence-electron chi connectivity index (χ4n) is 2.74. The summed E-state index contributed by atoms with van der Waals surface area (Å²) in [7, 11) is -1.89. The van der Waals surface area contributed by atoms with Gasteiger partial charge in [0.1, 0.15) is 5.75 Å². The van der Waals surface area contributed by atoms with Crippen LogP contribution < -0.4 is 10.5 Å². The number of methoxy groups -OCH3 is 1. The van der Waals surface area contributed by atoms with Gasteiger partial charge in [0.2, 0.25) is 10.0 Å². The van der Waals surface area contributed by atoms with Gasteiger partial charge in [-0.05, 0) is 36.5 Å². The number of ether oxygens (including phenoxy) is 1. The predicted molar refractivity (Wildman–Crippen MR) is 82.6 cm³/mol. The Balaban J connectivity index is 2.28. The first-order chi connectivity index (χ1) is 9.90. The molecule has 1 unspecified atom stereocenters. The molecule has 0 spiro atoms. The van der Waals surface area contributed by atoms with Gasteiger partial charge in [0.05, 0.1) is 12.0 Å². The average molecular weight is 312 g/mol. The molecule has 2 rings (SSSR count). The molecule has 0 aromatic heterocycles. The summed E-state index contributed by atoms with van der Waals surface area (Å²) in [6.45, 7) is 5.72. The van der Waals surface area contributed by atoms with E-state index in [1.807, 2.05) is 0 Å². The molecule has 1 aliphatic heterocycles. The molecule has 1 saturated heterocycles. The number of benzene rings is 1. The number of hydrogen-bond acceptors (Lipinski definition) is 4. The first-order valence-corrected chi connectivity index (χ1v) is 8.71. The van der Waals surface area contributed by atoms with Crippen LogP contribution in [0.4, 0.5) is 0 Å². The topological polar surface area (TPSA) is 72.6 Å². The zero-order valence-corrected chi connectivity index (χ0v) is 13.7. The summed E-state index contributed by atoms with van der Waals surface area (Å²) in [5.41, 5.74) is 6.37. The Labute approximate surface area is 127 Å². The SMILES string of the molecule is COc1ccc(S(=O)(=O)N2CCC(C(C)C)C2)cc1CN. The van der Waals surface area contributed by atoms with Crippen LogP contribution in [0.15, 0.2) is 23.1 Å². The highest BCUT2D eigenvalue weighted by Crippen LogP contribution is 2.30. The van der Waals surface area contributed by atoms with Gasteiger partial charge in [-0.25, -0.2) is 8.42 Å². The number of hydrogen-bond donors (Lipinski definition) is 1. The van der Waals surface area contributed by atoms with Crippen LogP contribution in [0.25, 0.3) is 0 Å². The summed E-state index contributed by atoms with van der Waals surface area (Å²) < 4.78 is 32.2. The Hall–Kier alpha value is -1.11. The number of nitrogens with two attached hydrogens (primary N) is 1. The zero-order valence-electron chi connectivity index (χ0n) is 12.9. The lowest BCUT2D eigenvalue weighted by atomic mass is 9.96. The fourth-order valence-corrected chi connectivity index (χ4v) is 4.30. The molecule has 0 radical (unpaired) electrons. The number of sulfonamides is 1. The highest BCUT2D eigenvalue weighted by Gasteiger charge is 2.33. The van der Waals surface area contributed by atoms with Crippen molar-refractivity contribution in [2.24, 2.45) is 17.6 Å². The van der Waals surface area contributed by atoms with E-state index in [4.69, 9.17) is 10.5 Å². The Morgan fingerprint density at radius 3 is 2.67 bits per heavy atom. The van der Waals surface area contributed by atoms with Crippen LogP contribution in [0.2, 0.25) is 0 Å². The Bertz CT molecular complexity index is 599. The lowest BCUT2D eigenvalue weighted by Crippen LogP contribution is -2.29. The monoisotopic (exact) mass is 312 g/mol. The molecule has 1 fully saturated rings. The summed E-state index contributed by atoms with van der Waals surface area (Å²) >= 11 is 0. The van der Waals surface area contributed by atoms with E-state index < -0.39 is 10.0 Å². The summed E-state index contributed by atoms with van der Waals surface area (Å²) in [5.74, 6) is 1.56. The zero-order chi connectivity index (χ0) is 15.6. The van der Waals surface area contributed by atoms with Crippen molar-refractivity contribution >= 4 is 10.0 Å². The quantitative estimate of drug-likeness (QED) is 0.900. The van der Waals surface area contributed by atoms with Gasteiger partial charge in [0.15, 0.2) is 0 Å². The van der Waals surface area contributed by atoms with Crippen LogP contribution in [0.5, 0.6) is 5.75 Å². The van der Waals surface area contributed by atoms with Crippen molar-refractivity contribution in [3.63, 3.8) is 0 Å². The third kappa shape index (κ3) is 3.22. The minimum Gasteiger partial charge on any atom is -0.496 e. The maximum atomic E-state index is 12.7. The molecule has 118 valence electrons. The molecule has 1 aromatic rings. The molecule has 21 heavy (non-hydrogen) atoms. The Morgan fingerprint density at radius 1 is 1.43 bits per heavy atom. The van der Waals surface area contributed by atoms with Crippen LogP contribution in [0, 0.1) is 11.8 Å². The lowest BCUT2D eigenvalue weighted by Gasteiger charge is -2.19. The molecule has 1 heterocycles. The number of rotatable bonds is 5. The third-order valence-corrected chi connectivity index (χ3v) is 6.10. The number of nitrogens with zero attached hydrogens (tertiary/aromatic N) is 1. The molecule has 1 aromatic carbocycles. The third-order valence-electron chi connectivity index (χ3n) is 4.24. The molecule has 0 aliphatic carbocycles. The van der Waals surface area contributed by atoms with E-state index >= 15 is 0 Å². The van der Waals surface area contributed by atoms with Crippen LogP contribution in [0.1, 0.15) is 25.8 Å². The van der Waals surface area contributed by atoms with Crippen LogP contribution in [-0.2, 0) is 16.6 Å². The second-order valence-corrected chi connectivity index (χ2v) is 7.77. The highest BCUT2D eigenvalue weighted by atomic mass is 32.2. The van der Waals surface area contributed by atoms with E-state index in [9.17, 15) is 8.42 Å². The maximum Gasteiger partial charge on any atom is 0.243 e. The molecule has 1 aliphatic rings. The molecule has 0 bridgehead atoms. The van der Waals surface area contributed by atoms with Gasteiger partial charge in [-0.3, -0.25) is 0 Å². The molecule has 5 nitrogen and oxygen atoms in total. The molecule has 2 N–H and O–H groups in total. The summed E-state index contributed by atoms with van der Waals surface area (Å²) in [5, 5.41) is 0. The van der Waals surface area contributed by atoms with Gasteiger partial charge in [0, 0.05) is 25.2 Å². The minimum atomic E-state index is -3.44. The van der Waals surface area contributed by atoms with Gasteiger partial charge in [-0.15, -0.1) is 0 Å². The van der Waals surface area contributed by atoms with E-state index in [2.05, 4.69) is 13.8 Å². The largest absolute Gasteiger partial charge is 0.496 e. The van der Waals surface area contributed by atoms with Crippen molar-refractivity contribution in [2.75, 3.05) is 20.2 Å². The van der Waals surface area contributed by atoms with Crippen molar-refractivity contribution in [1.82, 2.24) is 4.31 Å². The standard InChI is InChI=1S/C15H24N2O3S/c1-11(2)12-6-7-17(10-12)21(18,19)14-4-5-15(20-3)13(8-14)9-16/h4-5,8,11-12H,6-7,9-10,16H2,1-3H3. The van der Waals surface area contributed by atoms with Gasteiger partial charge in [-0.1, -0.05) is 13.8 Å². The average Bonchev–Trinajstić information content (AvgIpc) is 2.97. The Morgan fingerprint density at radius 2 is 2.14 bits per heavy atom. The highest BCUT2D eigenvalue weighted by molar-refractivity contribution is 7.89. The first kappa shape index (κ1) is 16.3. The van der Waals surface area contributed by atoms with Crippen LogP contribution in [0.3, 0.4) is 0 Å². The summed E-state index contributed by atoms with van der Waals surface area (Å²) in [6, 6.07) is 4.89. The maximum absolute atomic E-state index is 12.7. The second-order valence-electron chi connectivity index (χ2n) is 5.83. The van der Waals surface area contributed by atoms with Gasteiger partial charge >= 0.3 is 0 Å². The lowest BCUT2D eigenvalue weighted by molar-refractivity contribution is 0.388. The molecular formula is C15H24N2O3S. The van der Waals surface area contributed by atoms with Crippen LogP contribution >= 0.6 is 0 Å². The smallest absolute Gasteiger partial charge is 0.243 e. The van der Waals surface area contributed by atoms with Crippen molar-refractivity contribution in [1.29, 1.82) is 0 Å². The Kier molecular flexibility index (Phi) is 4.91. The minimum absolute atomic E-state index is 0.251. The van der Waals surface area contributed by atoms with E-state index in [0.29, 0.717) is 41.1 Å². The van der Waals surface area contributed by atoms with Gasteiger partial charge in [0.25, 0.3) is 0 Å². The normalized spacial score (nSPS) is 20.1. The van der Waals surface area contributed by atoms with Gasteiger partial charge < -0.3 is 10.5 Å². The summed E-state index contributed by atoms with van der Waals surface area (Å²) in [4.78, 5) is 0.299. The van der Waals surface area contributed by atoms with E-state index in [1.165, 1.54) is 0 Å². The molecule has 0 saturated carbocycles.